The van der Waals surface area contributed by atoms with Crippen LogP contribution >= 0.6 is 0 Å². The van der Waals surface area contributed by atoms with E-state index < -0.39 is 10.0 Å². The van der Waals surface area contributed by atoms with Crippen molar-refractivity contribution < 1.29 is 13.2 Å². The fourth-order valence-electron chi connectivity index (χ4n) is 2.66. The van der Waals surface area contributed by atoms with Crippen molar-refractivity contribution in [2.75, 3.05) is 26.0 Å². The van der Waals surface area contributed by atoms with Gasteiger partial charge in [0.05, 0.1) is 19.0 Å². The zero-order chi connectivity index (χ0) is 15.3. The van der Waals surface area contributed by atoms with Crippen molar-refractivity contribution >= 4 is 10.0 Å². The minimum atomic E-state index is -3.21. The summed E-state index contributed by atoms with van der Waals surface area (Å²) >= 11 is 0. The number of hydrogen-bond donors (Lipinski definition) is 1. The Hall–Kier alpha value is -0.950. The highest BCUT2D eigenvalue weighted by Gasteiger charge is 2.28. The van der Waals surface area contributed by atoms with Crippen LogP contribution in [-0.2, 0) is 21.3 Å². The summed E-state index contributed by atoms with van der Waals surface area (Å²) in [6.07, 6.45) is 1.82. The highest BCUT2D eigenvalue weighted by molar-refractivity contribution is 7.88. The summed E-state index contributed by atoms with van der Waals surface area (Å²) in [7, 11) is -3.21. The first-order chi connectivity index (χ1) is 9.98. The van der Waals surface area contributed by atoms with Gasteiger partial charge in [0.15, 0.2) is 0 Å². The number of benzene rings is 1. The number of hydrogen-bond acceptors (Lipinski definition) is 4. The smallest absolute Gasteiger partial charge is 0.209 e. The number of rotatable bonds is 6. The topological polar surface area (TPSA) is 58.6 Å². The second-order valence-corrected chi connectivity index (χ2v) is 7.31. The average molecular weight is 312 g/mol. The van der Waals surface area contributed by atoms with E-state index in [1.165, 1.54) is 11.8 Å². The zero-order valence-electron chi connectivity index (χ0n) is 12.7. The lowest BCUT2D eigenvalue weighted by atomic mass is 10.1. The number of sulfonamides is 1. The molecular formula is C15H24N2O3S. The Kier molecular flexibility index (Phi) is 5.75. The van der Waals surface area contributed by atoms with Crippen LogP contribution in [0.25, 0.3) is 0 Å². The monoisotopic (exact) mass is 312 g/mol. The number of nitrogens with zero attached hydrogens (tertiary/aromatic N) is 1. The van der Waals surface area contributed by atoms with Gasteiger partial charge in [0.25, 0.3) is 0 Å². The number of nitrogens with one attached hydrogen (secondary N) is 1. The first-order valence-electron chi connectivity index (χ1n) is 7.33. The Morgan fingerprint density at radius 3 is 2.71 bits per heavy atom. The van der Waals surface area contributed by atoms with E-state index in [-0.39, 0.29) is 12.1 Å². The van der Waals surface area contributed by atoms with Crippen molar-refractivity contribution in [1.82, 2.24) is 9.62 Å². The maximum absolute atomic E-state index is 11.4. The van der Waals surface area contributed by atoms with Gasteiger partial charge in [-0.2, -0.15) is 0 Å². The fraction of sp³-hybridized carbons (Fsp3) is 0.600. The Bertz CT molecular complexity index is 533. The van der Waals surface area contributed by atoms with Gasteiger partial charge >= 0.3 is 0 Å². The third-order valence-electron chi connectivity index (χ3n) is 3.68. The molecule has 1 N–H and O–H groups in total. The first-order valence-corrected chi connectivity index (χ1v) is 9.22. The van der Waals surface area contributed by atoms with Gasteiger partial charge in [0.1, 0.15) is 0 Å². The van der Waals surface area contributed by atoms with Crippen LogP contribution in [-0.4, -0.2) is 51.4 Å². The lowest BCUT2D eigenvalue weighted by Gasteiger charge is -2.36. The van der Waals surface area contributed by atoms with Crippen LogP contribution in [0.4, 0.5) is 0 Å². The standard InChI is InChI=1S/C15H24N2O3S/c1-3-14(16-21(2,18)19)15-12-17(9-10-20-15)11-13-7-5-4-6-8-13/h4-8,14-16H,3,9-12H2,1-2H3. The Balaban J connectivity index is 1.96. The molecule has 0 amide bonds. The van der Waals surface area contributed by atoms with Crippen molar-refractivity contribution in [3.8, 4) is 0 Å². The second-order valence-electron chi connectivity index (χ2n) is 5.53. The van der Waals surface area contributed by atoms with E-state index in [0.717, 1.165) is 26.1 Å². The molecule has 1 aromatic carbocycles. The Morgan fingerprint density at radius 2 is 2.10 bits per heavy atom. The molecule has 2 rings (SSSR count). The molecular weight excluding hydrogens is 288 g/mol. The van der Waals surface area contributed by atoms with Crippen molar-refractivity contribution in [3.63, 3.8) is 0 Å². The minimum absolute atomic E-state index is 0.0952. The molecule has 1 aliphatic heterocycles. The zero-order valence-corrected chi connectivity index (χ0v) is 13.5. The van der Waals surface area contributed by atoms with Crippen molar-refractivity contribution in [2.45, 2.75) is 32.0 Å². The maximum Gasteiger partial charge on any atom is 0.209 e. The molecule has 1 fully saturated rings. The lowest BCUT2D eigenvalue weighted by Crippen LogP contribution is -2.52. The maximum atomic E-state index is 11.4. The second kappa shape index (κ2) is 7.35. The van der Waals surface area contributed by atoms with Crippen LogP contribution < -0.4 is 4.72 Å². The van der Waals surface area contributed by atoms with Crippen LogP contribution in [0.1, 0.15) is 18.9 Å². The van der Waals surface area contributed by atoms with Crippen molar-refractivity contribution in [2.24, 2.45) is 0 Å². The first kappa shape index (κ1) is 16.4. The molecule has 118 valence electrons. The molecule has 1 aromatic rings. The summed E-state index contributed by atoms with van der Waals surface area (Å²) in [6, 6.07) is 10.1. The van der Waals surface area contributed by atoms with Crippen LogP contribution in [0.2, 0.25) is 0 Å². The number of morpholine rings is 1. The summed E-state index contributed by atoms with van der Waals surface area (Å²) in [5.41, 5.74) is 1.27. The SMILES string of the molecule is CCC(NS(C)(=O)=O)C1CN(Cc2ccccc2)CCO1. The third kappa shape index (κ3) is 5.39. The van der Waals surface area contributed by atoms with E-state index in [1.807, 2.05) is 25.1 Å². The quantitative estimate of drug-likeness (QED) is 0.858. The Morgan fingerprint density at radius 1 is 1.38 bits per heavy atom. The Labute approximate surface area is 127 Å². The molecule has 0 radical (unpaired) electrons. The van der Waals surface area contributed by atoms with Crippen LogP contribution in [0.3, 0.4) is 0 Å². The van der Waals surface area contributed by atoms with E-state index in [2.05, 4.69) is 21.8 Å². The lowest BCUT2D eigenvalue weighted by molar-refractivity contribution is -0.0460. The predicted molar refractivity (Wildman–Crippen MR) is 83.5 cm³/mol. The summed E-state index contributed by atoms with van der Waals surface area (Å²) in [4.78, 5) is 2.32. The highest BCUT2D eigenvalue weighted by atomic mass is 32.2. The molecule has 0 spiro atoms. The molecule has 1 heterocycles. The molecule has 1 saturated heterocycles. The summed E-state index contributed by atoms with van der Waals surface area (Å²) in [5.74, 6) is 0. The average Bonchev–Trinajstić information content (AvgIpc) is 2.45. The molecule has 21 heavy (non-hydrogen) atoms. The normalized spacial score (nSPS) is 22.1. The molecule has 0 saturated carbocycles. The molecule has 0 aliphatic carbocycles. The van der Waals surface area contributed by atoms with Crippen LogP contribution in [0, 0.1) is 0 Å². The molecule has 0 aromatic heterocycles. The van der Waals surface area contributed by atoms with E-state index in [0.29, 0.717) is 6.61 Å². The molecule has 1 aliphatic rings. The molecule has 0 bridgehead atoms. The van der Waals surface area contributed by atoms with E-state index >= 15 is 0 Å². The molecule has 2 atom stereocenters. The molecule has 5 nitrogen and oxygen atoms in total. The van der Waals surface area contributed by atoms with Crippen LogP contribution in [0.5, 0.6) is 0 Å². The van der Waals surface area contributed by atoms with E-state index in [1.54, 1.807) is 0 Å². The van der Waals surface area contributed by atoms with Gasteiger partial charge in [-0.1, -0.05) is 37.3 Å². The number of ether oxygens (including phenoxy) is 1. The van der Waals surface area contributed by atoms with Gasteiger partial charge in [-0.15, -0.1) is 0 Å². The largest absolute Gasteiger partial charge is 0.374 e. The summed E-state index contributed by atoms with van der Waals surface area (Å²) in [5, 5.41) is 0. The van der Waals surface area contributed by atoms with Gasteiger partial charge in [0, 0.05) is 25.7 Å². The van der Waals surface area contributed by atoms with E-state index in [4.69, 9.17) is 4.74 Å². The predicted octanol–water partition coefficient (Wildman–Crippen LogP) is 1.22. The third-order valence-corrected chi connectivity index (χ3v) is 4.41. The van der Waals surface area contributed by atoms with Gasteiger partial charge in [0.2, 0.25) is 10.0 Å². The van der Waals surface area contributed by atoms with Gasteiger partial charge in [-0.25, -0.2) is 13.1 Å². The van der Waals surface area contributed by atoms with Crippen LogP contribution in [0.15, 0.2) is 30.3 Å². The van der Waals surface area contributed by atoms with Crippen molar-refractivity contribution in [3.05, 3.63) is 35.9 Å². The molecule has 2 unspecified atom stereocenters. The van der Waals surface area contributed by atoms with Gasteiger partial charge in [-0.3, -0.25) is 4.90 Å². The summed E-state index contributed by atoms with van der Waals surface area (Å²) in [6.45, 7) is 5.11. The van der Waals surface area contributed by atoms with Gasteiger partial charge in [-0.05, 0) is 12.0 Å². The van der Waals surface area contributed by atoms with E-state index in [9.17, 15) is 8.42 Å². The fourth-order valence-corrected chi connectivity index (χ4v) is 3.53. The minimum Gasteiger partial charge on any atom is -0.374 e. The molecule has 6 heteroatoms. The highest BCUT2D eigenvalue weighted by Crippen LogP contribution is 2.15. The summed E-state index contributed by atoms with van der Waals surface area (Å²) < 4.78 is 31.3. The van der Waals surface area contributed by atoms with Gasteiger partial charge < -0.3 is 4.74 Å². The van der Waals surface area contributed by atoms with Crippen molar-refractivity contribution in [1.29, 1.82) is 0 Å².